The van der Waals surface area contributed by atoms with Crippen molar-refractivity contribution in [3.63, 3.8) is 0 Å². The first-order valence-electron chi connectivity index (χ1n) is 6.66. The Labute approximate surface area is 118 Å². The fraction of sp³-hybridized carbons (Fsp3) is 0.500. The van der Waals surface area contributed by atoms with Gasteiger partial charge in [0.05, 0.1) is 12.2 Å². The third-order valence-electron chi connectivity index (χ3n) is 3.21. The topological polar surface area (TPSA) is 90.7 Å². The molecular weight excluding hydrogens is 260 g/mol. The highest BCUT2D eigenvalue weighted by molar-refractivity contribution is 5.95. The fourth-order valence-corrected chi connectivity index (χ4v) is 2.10. The lowest BCUT2D eigenvalue weighted by Gasteiger charge is -2.30. The second-order valence-electron chi connectivity index (χ2n) is 4.43. The van der Waals surface area contributed by atoms with Crippen molar-refractivity contribution in [3.05, 3.63) is 29.6 Å². The molecule has 2 N–H and O–H groups in total. The molecule has 0 aliphatic carbocycles. The number of amides is 1. The van der Waals surface area contributed by atoms with Gasteiger partial charge in [-0.25, -0.2) is 9.78 Å². The Kier molecular flexibility index (Phi) is 6.11. The summed E-state index contributed by atoms with van der Waals surface area (Å²) in [5.74, 6) is -1.37. The average Bonchev–Trinajstić information content (AvgIpc) is 2.47. The van der Waals surface area contributed by atoms with E-state index in [1.54, 1.807) is 4.90 Å². The van der Waals surface area contributed by atoms with Crippen LogP contribution in [0.25, 0.3) is 0 Å². The number of carbonyl (C=O) groups is 2. The minimum atomic E-state index is -1.13. The molecule has 1 heterocycles. The molecule has 6 nitrogen and oxygen atoms in total. The van der Waals surface area contributed by atoms with Crippen molar-refractivity contribution < 1.29 is 19.8 Å². The van der Waals surface area contributed by atoms with Crippen molar-refractivity contribution in [2.75, 3.05) is 13.2 Å². The summed E-state index contributed by atoms with van der Waals surface area (Å²) in [6, 6.07) is 2.80. The van der Waals surface area contributed by atoms with Gasteiger partial charge in [-0.3, -0.25) is 4.79 Å². The number of nitrogens with zero attached hydrogens (tertiary/aromatic N) is 2. The van der Waals surface area contributed by atoms with E-state index < -0.39 is 5.97 Å². The van der Waals surface area contributed by atoms with Crippen molar-refractivity contribution >= 4 is 11.9 Å². The first-order chi connectivity index (χ1) is 9.54. The molecule has 0 saturated heterocycles. The molecule has 0 fully saturated rings. The molecule has 0 unspecified atom stereocenters. The van der Waals surface area contributed by atoms with Crippen LogP contribution in [0, 0.1) is 0 Å². The van der Waals surface area contributed by atoms with Gasteiger partial charge in [-0.2, -0.15) is 0 Å². The monoisotopic (exact) mass is 280 g/mol. The van der Waals surface area contributed by atoms with Gasteiger partial charge in [-0.15, -0.1) is 0 Å². The highest BCUT2D eigenvalue weighted by Gasteiger charge is 2.22. The van der Waals surface area contributed by atoms with Crippen LogP contribution in [0.4, 0.5) is 0 Å². The van der Waals surface area contributed by atoms with E-state index in [-0.39, 0.29) is 30.8 Å². The van der Waals surface area contributed by atoms with E-state index in [9.17, 15) is 9.59 Å². The first kappa shape index (κ1) is 16.1. The molecular formula is C14H20N2O4. The van der Waals surface area contributed by atoms with Gasteiger partial charge in [0, 0.05) is 18.8 Å². The van der Waals surface area contributed by atoms with Crippen LogP contribution in [0.2, 0.25) is 0 Å². The summed E-state index contributed by atoms with van der Waals surface area (Å²) in [4.78, 5) is 28.5. The zero-order chi connectivity index (χ0) is 15.1. The van der Waals surface area contributed by atoms with Crippen LogP contribution in [0.1, 0.15) is 47.5 Å². The van der Waals surface area contributed by atoms with Crippen LogP contribution < -0.4 is 0 Å². The van der Waals surface area contributed by atoms with E-state index >= 15 is 0 Å². The Morgan fingerprint density at radius 3 is 2.35 bits per heavy atom. The van der Waals surface area contributed by atoms with Gasteiger partial charge in [0.15, 0.2) is 0 Å². The normalized spacial score (nSPS) is 10.6. The summed E-state index contributed by atoms with van der Waals surface area (Å²) in [7, 11) is 0. The van der Waals surface area contributed by atoms with E-state index in [0.29, 0.717) is 5.56 Å². The zero-order valence-corrected chi connectivity index (χ0v) is 11.7. The third kappa shape index (κ3) is 3.77. The average molecular weight is 280 g/mol. The van der Waals surface area contributed by atoms with Crippen LogP contribution in [0.3, 0.4) is 0 Å². The van der Waals surface area contributed by atoms with Gasteiger partial charge in [-0.05, 0) is 25.0 Å². The maximum Gasteiger partial charge on any atom is 0.354 e. The molecule has 0 saturated carbocycles. The Morgan fingerprint density at radius 1 is 1.30 bits per heavy atom. The Hall–Kier alpha value is -1.95. The lowest BCUT2D eigenvalue weighted by molar-refractivity contribution is 0.0619. The number of aromatic carboxylic acids is 1. The minimum Gasteiger partial charge on any atom is -0.477 e. The second-order valence-corrected chi connectivity index (χ2v) is 4.43. The van der Waals surface area contributed by atoms with E-state index in [1.165, 1.54) is 18.3 Å². The molecule has 20 heavy (non-hydrogen) atoms. The molecule has 110 valence electrons. The van der Waals surface area contributed by atoms with Crippen molar-refractivity contribution in [1.82, 2.24) is 9.88 Å². The Bertz CT molecular complexity index is 455. The molecule has 0 aliphatic heterocycles. The van der Waals surface area contributed by atoms with Crippen LogP contribution in [0.15, 0.2) is 18.3 Å². The smallest absolute Gasteiger partial charge is 0.354 e. The molecule has 0 atom stereocenters. The molecule has 0 aromatic carbocycles. The lowest BCUT2D eigenvalue weighted by Crippen LogP contribution is -2.41. The molecule has 1 amide bonds. The van der Waals surface area contributed by atoms with Gasteiger partial charge >= 0.3 is 5.97 Å². The van der Waals surface area contributed by atoms with Crippen LogP contribution >= 0.6 is 0 Å². The third-order valence-corrected chi connectivity index (χ3v) is 3.21. The number of hydrogen-bond donors (Lipinski definition) is 2. The Balaban J connectivity index is 2.96. The zero-order valence-electron chi connectivity index (χ0n) is 11.7. The number of carboxylic acid groups (broad SMARTS) is 1. The van der Waals surface area contributed by atoms with Crippen molar-refractivity contribution in [1.29, 1.82) is 0 Å². The summed E-state index contributed by atoms with van der Waals surface area (Å²) < 4.78 is 0. The SMILES string of the molecule is CCC(CC)N(CCO)C(=O)c1ccc(C(=O)O)nc1. The standard InChI is InChI=1S/C14H20N2O4/c1-3-11(4-2)16(7-8-17)13(18)10-5-6-12(14(19)20)15-9-10/h5-6,9,11,17H,3-4,7-8H2,1-2H3,(H,19,20). The number of carbonyl (C=O) groups excluding carboxylic acids is 1. The highest BCUT2D eigenvalue weighted by atomic mass is 16.4. The quantitative estimate of drug-likeness (QED) is 0.788. The van der Waals surface area contributed by atoms with Crippen molar-refractivity contribution in [3.8, 4) is 0 Å². The second kappa shape index (κ2) is 7.59. The Morgan fingerprint density at radius 2 is 1.95 bits per heavy atom. The number of aliphatic hydroxyl groups excluding tert-OH is 1. The largest absolute Gasteiger partial charge is 0.477 e. The molecule has 6 heteroatoms. The van der Waals surface area contributed by atoms with E-state index in [0.717, 1.165) is 12.8 Å². The van der Waals surface area contributed by atoms with E-state index in [2.05, 4.69) is 4.98 Å². The molecule has 1 aromatic rings. The first-order valence-corrected chi connectivity index (χ1v) is 6.66. The van der Waals surface area contributed by atoms with E-state index in [1.807, 2.05) is 13.8 Å². The fourth-order valence-electron chi connectivity index (χ4n) is 2.10. The molecule has 0 radical (unpaired) electrons. The van der Waals surface area contributed by atoms with E-state index in [4.69, 9.17) is 10.2 Å². The van der Waals surface area contributed by atoms with Gasteiger partial charge in [0.2, 0.25) is 0 Å². The van der Waals surface area contributed by atoms with Crippen LogP contribution in [-0.2, 0) is 0 Å². The lowest BCUT2D eigenvalue weighted by atomic mass is 10.1. The number of rotatable bonds is 7. The predicted octanol–water partition coefficient (Wildman–Crippen LogP) is 1.40. The van der Waals surface area contributed by atoms with Gasteiger partial charge < -0.3 is 15.1 Å². The maximum atomic E-state index is 12.4. The van der Waals surface area contributed by atoms with Crippen molar-refractivity contribution in [2.45, 2.75) is 32.7 Å². The number of pyridine rings is 1. The summed E-state index contributed by atoms with van der Waals surface area (Å²) in [5.41, 5.74) is 0.230. The minimum absolute atomic E-state index is 0.0498. The van der Waals surface area contributed by atoms with Gasteiger partial charge in [0.1, 0.15) is 5.69 Å². The summed E-state index contributed by atoms with van der Waals surface area (Å²) >= 11 is 0. The van der Waals surface area contributed by atoms with Gasteiger partial charge in [0.25, 0.3) is 5.91 Å². The number of carboxylic acids is 1. The molecule has 1 rings (SSSR count). The van der Waals surface area contributed by atoms with Gasteiger partial charge in [-0.1, -0.05) is 13.8 Å². The predicted molar refractivity (Wildman–Crippen MR) is 73.7 cm³/mol. The summed E-state index contributed by atoms with van der Waals surface area (Å²) in [6.45, 7) is 4.12. The van der Waals surface area contributed by atoms with Crippen LogP contribution in [-0.4, -0.2) is 51.2 Å². The maximum absolute atomic E-state index is 12.4. The molecule has 0 aliphatic rings. The summed E-state index contributed by atoms with van der Waals surface area (Å²) in [6.07, 6.45) is 2.85. The molecule has 0 bridgehead atoms. The molecule has 0 spiro atoms. The number of aliphatic hydroxyl groups is 1. The molecule has 1 aromatic heterocycles. The highest BCUT2D eigenvalue weighted by Crippen LogP contribution is 2.13. The number of aromatic nitrogens is 1. The van der Waals surface area contributed by atoms with Crippen LogP contribution in [0.5, 0.6) is 0 Å². The summed E-state index contributed by atoms with van der Waals surface area (Å²) in [5, 5.41) is 17.9. The van der Waals surface area contributed by atoms with Crippen molar-refractivity contribution in [2.24, 2.45) is 0 Å². The number of hydrogen-bond acceptors (Lipinski definition) is 4.